The smallest absolute Gasteiger partial charge is 0.137 e. The number of pyridine rings is 1. The van der Waals surface area contributed by atoms with E-state index in [1.165, 1.54) is 37.0 Å². The van der Waals surface area contributed by atoms with E-state index in [4.69, 9.17) is 0 Å². The van der Waals surface area contributed by atoms with Gasteiger partial charge in [0.05, 0.1) is 18.8 Å². The van der Waals surface area contributed by atoms with Gasteiger partial charge in [-0.15, -0.1) is 0 Å². The summed E-state index contributed by atoms with van der Waals surface area (Å²) >= 11 is 0. The Kier molecular flexibility index (Phi) is 4.43. The van der Waals surface area contributed by atoms with Crippen LogP contribution in [-0.4, -0.2) is 28.4 Å². The molecule has 0 saturated heterocycles. The zero-order valence-electron chi connectivity index (χ0n) is 13.0. The second-order valence-electron chi connectivity index (χ2n) is 6.34. The zero-order valence-corrected chi connectivity index (χ0v) is 13.0. The number of rotatable bonds is 5. The fraction of sp³-hybridized carbons (Fsp3) is 0.529. The Morgan fingerprint density at radius 1 is 1.36 bits per heavy atom. The minimum absolute atomic E-state index is 0.116. The highest BCUT2D eigenvalue weighted by Crippen LogP contribution is 2.17. The maximum absolute atomic E-state index is 11.0. The molecule has 1 atom stereocenters. The van der Waals surface area contributed by atoms with Crippen LogP contribution < -0.4 is 10.0 Å². The van der Waals surface area contributed by atoms with Crippen molar-refractivity contribution in [2.75, 3.05) is 7.05 Å². The number of aliphatic carboxylic acids is 1. The van der Waals surface area contributed by atoms with Gasteiger partial charge in [-0.25, -0.2) is 4.98 Å². The highest BCUT2D eigenvalue weighted by atomic mass is 16.4. The van der Waals surface area contributed by atoms with Crippen LogP contribution >= 0.6 is 0 Å². The number of carboxylic acids is 1. The van der Waals surface area contributed by atoms with Crippen molar-refractivity contribution >= 4 is 11.6 Å². The Labute approximate surface area is 130 Å². The number of carbonyl (C=O) groups excluding carboxylic acids is 1. The third-order valence-corrected chi connectivity index (χ3v) is 4.77. The van der Waals surface area contributed by atoms with Crippen LogP contribution in [-0.2, 0) is 17.8 Å². The Balaban J connectivity index is 1.88. The molecule has 1 N–H and O–H groups in total. The third-order valence-electron chi connectivity index (χ3n) is 4.77. The quantitative estimate of drug-likeness (QED) is 0.844. The number of aromatic nitrogens is 2. The van der Waals surface area contributed by atoms with Gasteiger partial charge in [0, 0.05) is 18.6 Å². The van der Waals surface area contributed by atoms with Gasteiger partial charge in [-0.3, -0.25) is 4.40 Å². The second kappa shape index (κ2) is 6.48. The Morgan fingerprint density at radius 2 is 2.14 bits per heavy atom. The van der Waals surface area contributed by atoms with Gasteiger partial charge in [0.15, 0.2) is 0 Å². The summed E-state index contributed by atoms with van der Waals surface area (Å²) in [5.74, 6) is -1.07. The lowest BCUT2D eigenvalue weighted by Gasteiger charge is -2.28. The van der Waals surface area contributed by atoms with Crippen LogP contribution in [0.4, 0.5) is 0 Å². The molecule has 1 unspecified atom stereocenters. The van der Waals surface area contributed by atoms with Crippen molar-refractivity contribution in [2.45, 2.75) is 51.1 Å². The lowest BCUT2D eigenvalue weighted by atomic mass is 9.94. The monoisotopic (exact) mass is 301 g/mol. The van der Waals surface area contributed by atoms with Gasteiger partial charge in [-0.2, -0.15) is 0 Å². The molecule has 1 saturated carbocycles. The molecule has 1 aliphatic rings. The van der Waals surface area contributed by atoms with Gasteiger partial charge in [0.2, 0.25) is 0 Å². The van der Waals surface area contributed by atoms with Crippen molar-refractivity contribution in [3.05, 3.63) is 35.8 Å². The van der Waals surface area contributed by atoms with Crippen LogP contribution in [0.3, 0.4) is 0 Å². The van der Waals surface area contributed by atoms with Crippen molar-refractivity contribution < 1.29 is 14.8 Å². The molecule has 5 nitrogen and oxygen atoms in total. The molecule has 0 bridgehead atoms. The van der Waals surface area contributed by atoms with E-state index in [1.54, 1.807) is 0 Å². The normalized spacial score (nSPS) is 17.7. The van der Waals surface area contributed by atoms with Crippen LogP contribution in [0.5, 0.6) is 0 Å². The summed E-state index contributed by atoms with van der Waals surface area (Å²) in [6.45, 7) is 0.804. The summed E-state index contributed by atoms with van der Waals surface area (Å²) in [6.07, 6.45) is 8.33. The largest absolute Gasteiger partial charge is 0.550 e. The zero-order chi connectivity index (χ0) is 15.5. The minimum atomic E-state index is -1.07. The summed E-state index contributed by atoms with van der Waals surface area (Å²) in [6, 6.07) is 6.46. The number of imidazole rings is 1. The molecule has 2 aromatic rings. The molecular formula is C17H23N3O2. The molecule has 2 heterocycles. The van der Waals surface area contributed by atoms with Gasteiger partial charge < -0.3 is 14.8 Å². The molecule has 1 fully saturated rings. The van der Waals surface area contributed by atoms with Crippen LogP contribution in [0.15, 0.2) is 24.4 Å². The Hall–Kier alpha value is -1.88. The average Bonchev–Trinajstić information content (AvgIpc) is 2.85. The first-order valence-electron chi connectivity index (χ1n) is 8.12. The van der Waals surface area contributed by atoms with Crippen molar-refractivity contribution in [1.29, 1.82) is 0 Å². The number of hydrogen-bond donors (Lipinski definition) is 1. The number of fused-ring (bicyclic) bond motifs is 1. The number of nitrogens with one attached hydrogen (secondary N) is 1. The van der Waals surface area contributed by atoms with E-state index in [0.717, 1.165) is 17.9 Å². The summed E-state index contributed by atoms with van der Waals surface area (Å²) in [4.78, 5) is 16.9. The maximum Gasteiger partial charge on any atom is 0.137 e. The predicted octanol–water partition coefficient (Wildman–Crippen LogP) is -0.0259. The van der Waals surface area contributed by atoms with E-state index in [0.29, 0.717) is 11.7 Å². The molecule has 0 amide bonds. The first kappa shape index (κ1) is 15.0. The van der Waals surface area contributed by atoms with Gasteiger partial charge in [-0.05, 0) is 37.8 Å². The lowest BCUT2D eigenvalue weighted by molar-refractivity contribution is -0.921. The number of hydrogen-bond acceptors (Lipinski definition) is 3. The van der Waals surface area contributed by atoms with E-state index >= 15 is 0 Å². The molecule has 2 aromatic heterocycles. The molecule has 0 radical (unpaired) electrons. The molecular weight excluding hydrogens is 278 g/mol. The fourth-order valence-corrected chi connectivity index (χ4v) is 3.56. The molecule has 22 heavy (non-hydrogen) atoms. The number of nitrogens with zero attached hydrogens (tertiary/aromatic N) is 2. The lowest BCUT2D eigenvalue weighted by Crippen LogP contribution is -3.11. The van der Waals surface area contributed by atoms with Crippen molar-refractivity contribution in [1.82, 2.24) is 9.38 Å². The standard InChI is InChI=1S/C17H23N3O2/c1-19(13-7-3-2-4-8-13)12-15-14(11-17(21)22)18-16-9-5-6-10-20(15)16/h5-6,9-10,13H,2-4,7-8,11-12H2,1H3,(H,21,22). The van der Waals surface area contributed by atoms with Crippen molar-refractivity contribution in [3.8, 4) is 0 Å². The second-order valence-corrected chi connectivity index (χ2v) is 6.34. The number of quaternary nitrogens is 1. The molecule has 0 spiro atoms. The predicted molar refractivity (Wildman–Crippen MR) is 81.4 cm³/mol. The molecule has 1 aliphatic carbocycles. The number of carboxylic acid groups (broad SMARTS) is 1. The van der Waals surface area contributed by atoms with Crippen LogP contribution in [0, 0.1) is 0 Å². The molecule has 118 valence electrons. The summed E-state index contributed by atoms with van der Waals surface area (Å²) < 4.78 is 2.02. The highest BCUT2D eigenvalue weighted by molar-refractivity contribution is 5.68. The minimum Gasteiger partial charge on any atom is -0.550 e. The summed E-state index contributed by atoms with van der Waals surface area (Å²) in [5.41, 5.74) is 2.45. The van der Waals surface area contributed by atoms with Crippen molar-refractivity contribution in [3.63, 3.8) is 0 Å². The topological polar surface area (TPSA) is 61.9 Å². The van der Waals surface area contributed by atoms with E-state index in [2.05, 4.69) is 12.0 Å². The maximum atomic E-state index is 11.0. The van der Waals surface area contributed by atoms with Gasteiger partial charge in [0.25, 0.3) is 0 Å². The number of carbonyl (C=O) groups is 1. The van der Waals surface area contributed by atoms with E-state index in [9.17, 15) is 9.90 Å². The SMILES string of the molecule is C[NH+](Cc1c(CC(=O)[O-])nc2ccccn12)C1CCCCC1. The van der Waals surface area contributed by atoms with E-state index in [1.807, 2.05) is 28.8 Å². The molecule has 3 rings (SSSR count). The van der Waals surface area contributed by atoms with Gasteiger partial charge in [-0.1, -0.05) is 12.5 Å². The Morgan fingerprint density at radius 3 is 2.86 bits per heavy atom. The molecule has 5 heteroatoms. The molecule has 0 aliphatic heterocycles. The van der Waals surface area contributed by atoms with Crippen molar-refractivity contribution in [2.24, 2.45) is 0 Å². The first-order chi connectivity index (χ1) is 10.6. The average molecular weight is 301 g/mol. The summed E-state index contributed by atoms with van der Waals surface area (Å²) in [7, 11) is 2.21. The van der Waals surface area contributed by atoms with Crippen LogP contribution in [0.25, 0.3) is 5.65 Å². The third kappa shape index (κ3) is 3.14. The fourth-order valence-electron chi connectivity index (χ4n) is 3.56. The van der Waals surface area contributed by atoms with Gasteiger partial charge in [0.1, 0.15) is 17.9 Å². The highest BCUT2D eigenvalue weighted by Gasteiger charge is 2.24. The van der Waals surface area contributed by atoms with Crippen LogP contribution in [0.2, 0.25) is 0 Å². The summed E-state index contributed by atoms with van der Waals surface area (Å²) in [5, 5.41) is 11.0. The molecule has 0 aromatic carbocycles. The van der Waals surface area contributed by atoms with Gasteiger partial charge >= 0.3 is 0 Å². The van der Waals surface area contributed by atoms with E-state index in [-0.39, 0.29) is 6.42 Å². The first-order valence-corrected chi connectivity index (χ1v) is 8.12. The Bertz CT molecular complexity index is 659. The van der Waals surface area contributed by atoms with Crippen LogP contribution in [0.1, 0.15) is 43.5 Å². The van der Waals surface area contributed by atoms with E-state index < -0.39 is 5.97 Å².